The molecule has 0 saturated carbocycles. The van der Waals surface area contributed by atoms with Crippen LogP contribution in [-0.2, 0) is 42.1 Å². The van der Waals surface area contributed by atoms with Crippen LogP contribution in [0.2, 0.25) is 0 Å². The second-order valence-corrected chi connectivity index (χ2v) is 8.07. The number of hydrogen-bond acceptors (Lipinski definition) is 4. The standard InChI is InChI=1S/2C8H17.C4H6O7S.Ag/c2*1-3-5-7-8-6-4-2;5-3(6)1-2(4(7)8)12(9,10)11;/h2*1,3-8H2,2H3;2H,1H2,(H,5,6)(H,7,8)(H,9,10,11);/q2*-1;;. The van der Waals surface area contributed by atoms with E-state index in [2.05, 4.69) is 27.7 Å². The molecule has 181 valence electrons. The van der Waals surface area contributed by atoms with Gasteiger partial charge in [0.05, 0.1) is 6.42 Å². The molecule has 0 spiro atoms. The van der Waals surface area contributed by atoms with Crippen molar-refractivity contribution in [2.45, 2.75) is 103 Å². The number of rotatable bonds is 14. The van der Waals surface area contributed by atoms with E-state index >= 15 is 0 Å². The summed E-state index contributed by atoms with van der Waals surface area (Å²) in [5, 5.41) is 13.9. The van der Waals surface area contributed by atoms with Gasteiger partial charge in [-0.15, -0.1) is 0 Å². The molecule has 1 atom stereocenters. The Labute approximate surface area is 193 Å². The average Bonchev–Trinajstić information content (AvgIpc) is 2.60. The van der Waals surface area contributed by atoms with Crippen molar-refractivity contribution in [3.05, 3.63) is 13.8 Å². The van der Waals surface area contributed by atoms with Gasteiger partial charge in [0.1, 0.15) is 0 Å². The minimum atomic E-state index is -4.84. The Balaban J connectivity index is -0.000000164. The second kappa shape index (κ2) is 25.6. The normalized spacial score (nSPS) is 11.1. The monoisotopic (exact) mass is 531 g/mol. The Morgan fingerprint density at radius 2 is 1.14 bits per heavy atom. The van der Waals surface area contributed by atoms with Crippen molar-refractivity contribution in [3.8, 4) is 0 Å². The first-order valence-electron chi connectivity index (χ1n) is 10.1. The molecule has 0 fully saturated rings. The van der Waals surface area contributed by atoms with Crippen molar-refractivity contribution in [1.82, 2.24) is 0 Å². The molecule has 0 aliphatic rings. The maximum Gasteiger partial charge on any atom is 0.325 e. The van der Waals surface area contributed by atoms with Crippen molar-refractivity contribution in [2.24, 2.45) is 0 Å². The summed E-state index contributed by atoms with van der Waals surface area (Å²) in [4.78, 5) is 20.0. The molecule has 0 saturated heterocycles. The topological polar surface area (TPSA) is 129 Å². The molecule has 7 nitrogen and oxygen atoms in total. The van der Waals surface area contributed by atoms with Crippen LogP contribution >= 0.6 is 0 Å². The van der Waals surface area contributed by atoms with Gasteiger partial charge in [0, 0.05) is 22.4 Å². The van der Waals surface area contributed by atoms with Crippen molar-refractivity contribution >= 4 is 22.1 Å². The molecular weight excluding hydrogens is 492 g/mol. The summed E-state index contributed by atoms with van der Waals surface area (Å²) >= 11 is 0. The van der Waals surface area contributed by atoms with Crippen LogP contribution in [0.1, 0.15) is 97.3 Å². The smallest absolute Gasteiger partial charge is 0.325 e. The van der Waals surface area contributed by atoms with Gasteiger partial charge in [-0.05, 0) is 0 Å². The molecule has 0 aliphatic carbocycles. The first kappa shape index (κ1) is 36.0. The van der Waals surface area contributed by atoms with Crippen LogP contribution in [0.4, 0.5) is 0 Å². The van der Waals surface area contributed by atoms with E-state index in [1.807, 2.05) is 0 Å². The Morgan fingerprint density at radius 3 is 1.31 bits per heavy atom. The fourth-order valence-electron chi connectivity index (χ4n) is 2.04. The molecule has 0 aromatic carbocycles. The number of carboxylic acids is 2. The molecule has 0 aliphatic heterocycles. The van der Waals surface area contributed by atoms with Crippen molar-refractivity contribution < 1.29 is 55.2 Å². The van der Waals surface area contributed by atoms with E-state index in [4.69, 9.17) is 14.8 Å². The molecule has 3 N–H and O–H groups in total. The second-order valence-electron chi connectivity index (χ2n) is 6.48. The molecular formula is C20H40AgO7S-2. The van der Waals surface area contributed by atoms with Crippen LogP contribution < -0.4 is 0 Å². The summed E-state index contributed by atoms with van der Waals surface area (Å²) in [6, 6.07) is 0. The molecule has 0 heterocycles. The summed E-state index contributed by atoms with van der Waals surface area (Å²) < 4.78 is 28.7. The first-order chi connectivity index (χ1) is 13.1. The molecule has 29 heavy (non-hydrogen) atoms. The van der Waals surface area contributed by atoms with Crippen molar-refractivity contribution in [3.63, 3.8) is 0 Å². The van der Waals surface area contributed by atoms with E-state index in [1.54, 1.807) is 0 Å². The third-order valence-electron chi connectivity index (χ3n) is 3.70. The van der Waals surface area contributed by atoms with Crippen molar-refractivity contribution in [2.75, 3.05) is 0 Å². The molecule has 0 bridgehead atoms. The molecule has 1 unspecified atom stereocenters. The maximum atomic E-state index is 10.2. The predicted molar refractivity (Wildman–Crippen MR) is 113 cm³/mol. The molecule has 1 radical (unpaired) electrons. The van der Waals surface area contributed by atoms with Gasteiger partial charge < -0.3 is 24.1 Å². The van der Waals surface area contributed by atoms with Gasteiger partial charge in [-0.2, -0.15) is 21.3 Å². The summed E-state index contributed by atoms with van der Waals surface area (Å²) in [5.74, 6) is -3.50. The van der Waals surface area contributed by atoms with E-state index in [9.17, 15) is 18.0 Å². The first-order valence-corrected chi connectivity index (χ1v) is 11.6. The minimum Gasteiger partial charge on any atom is -0.481 e. The minimum absolute atomic E-state index is 0. The zero-order chi connectivity index (χ0) is 22.4. The van der Waals surface area contributed by atoms with Crippen molar-refractivity contribution in [1.29, 1.82) is 0 Å². The summed E-state index contributed by atoms with van der Waals surface area (Å²) in [6.45, 7) is 12.0. The van der Waals surface area contributed by atoms with Gasteiger partial charge >= 0.3 is 11.9 Å². The van der Waals surface area contributed by atoms with Gasteiger partial charge in [-0.1, -0.05) is 78.1 Å². The van der Waals surface area contributed by atoms with Crippen LogP contribution in [0.3, 0.4) is 0 Å². The Morgan fingerprint density at radius 1 is 0.793 bits per heavy atom. The Bertz CT molecular complexity index is 443. The number of aliphatic carboxylic acids is 2. The van der Waals surface area contributed by atoms with E-state index in [0.29, 0.717) is 0 Å². The number of hydrogen-bond donors (Lipinski definition) is 3. The SMILES string of the molecule is O=C(O)CC(C(=O)O)S(=O)(=O)O.[Ag].[CH2-]CCCCCCC.[CH2-]CCCCCCC. The van der Waals surface area contributed by atoms with E-state index in [-0.39, 0.29) is 22.4 Å². The molecule has 0 aromatic rings. The summed E-state index contributed by atoms with van der Waals surface area (Å²) in [7, 11) is -4.84. The number of carbonyl (C=O) groups is 2. The zero-order valence-electron chi connectivity index (χ0n) is 17.9. The molecule has 0 rings (SSSR count). The number of carboxylic acid groups (broad SMARTS) is 2. The molecule has 9 heteroatoms. The Hall–Kier alpha value is -0.410. The molecule has 0 aromatic heterocycles. The number of unbranched alkanes of at least 4 members (excludes halogenated alkanes) is 10. The largest absolute Gasteiger partial charge is 0.481 e. The predicted octanol–water partition coefficient (Wildman–Crippen LogP) is 5.16. The van der Waals surface area contributed by atoms with Crippen LogP contribution in [-0.4, -0.2) is 40.4 Å². The maximum absolute atomic E-state index is 10.2. The third-order valence-corrected chi connectivity index (χ3v) is 4.79. The van der Waals surface area contributed by atoms with Crippen LogP contribution in [0.15, 0.2) is 0 Å². The fraction of sp³-hybridized carbons (Fsp3) is 0.800. The van der Waals surface area contributed by atoms with Crippen LogP contribution in [0.25, 0.3) is 0 Å². The van der Waals surface area contributed by atoms with Gasteiger partial charge in [0.25, 0.3) is 10.1 Å². The zero-order valence-corrected chi connectivity index (χ0v) is 20.2. The quantitative estimate of drug-likeness (QED) is 0.122. The molecule has 0 amide bonds. The van der Waals surface area contributed by atoms with Gasteiger partial charge in [0.15, 0.2) is 5.25 Å². The third kappa shape index (κ3) is 32.5. The van der Waals surface area contributed by atoms with Gasteiger partial charge in [0.2, 0.25) is 0 Å². The summed E-state index contributed by atoms with van der Waals surface area (Å²) in [5.41, 5.74) is 0. The van der Waals surface area contributed by atoms with Crippen LogP contribution in [0.5, 0.6) is 0 Å². The summed E-state index contributed by atoms with van der Waals surface area (Å²) in [6.07, 6.45) is 14.8. The van der Waals surface area contributed by atoms with Crippen LogP contribution in [0, 0.1) is 13.8 Å². The fourth-order valence-corrected chi connectivity index (χ4v) is 2.65. The van der Waals surface area contributed by atoms with Gasteiger partial charge in [-0.3, -0.25) is 14.1 Å². The van der Waals surface area contributed by atoms with E-state index in [0.717, 1.165) is 12.8 Å². The van der Waals surface area contributed by atoms with Gasteiger partial charge in [-0.25, -0.2) is 0 Å². The average molecular weight is 532 g/mol. The van der Waals surface area contributed by atoms with E-state index in [1.165, 1.54) is 64.2 Å². The van der Waals surface area contributed by atoms with E-state index < -0.39 is 33.7 Å². The Kier molecular flexibility index (Phi) is 31.8.